The molecule has 0 aliphatic heterocycles. The zero-order valence-corrected chi connectivity index (χ0v) is 19.3. The van der Waals surface area contributed by atoms with Gasteiger partial charge in [-0.05, 0) is 35.0 Å². The minimum atomic E-state index is -4.07. The fourth-order valence-corrected chi connectivity index (χ4v) is 4.93. The lowest BCUT2D eigenvalue weighted by Gasteiger charge is -2.21. The third kappa shape index (κ3) is 5.07. The van der Waals surface area contributed by atoms with Gasteiger partial charge < -0.3 is 13.8 Å². The molecule has 0 saturated heterocycles. The van der Waals surface area contributed by atoms with E-state index >= 15 is 0 Å². The van der Waals surface area contributed by atoms with Gasteiger partial charge in [0.1, 0.15) is 23.9 Å². The van der Waals surface area contributed by atoms with Gasteiger partial charge in [-0.1, -0.05) is 91.0 Å². The molecule has 0 fully saturated rings. The molecule has 0 atom stereocenters. The Morgan fingerprint density at radius 3 is 1.62 bits per heavy atom. The lowest BCUT2D eigenvalue weighted by Crippen LogP contribution is -2.11. The highest BCUT2D eigenvalue weighted by atomic mass is 31.2. The molecule has 5 aromatic carbocycles. The molecule has 0 aliphatic rings. The first-order chi connectivity index (χ1) is 16.7. The van der Waals surface area contributed by atoms with E-state index in [4.69, 9.17) is 18.3 Å². The molecular weight excluding hydrogens is 447 g/mol. The molecule has 0 spiro atoms. The van der Waals surface area contributed by atoms with E-state index in [0.29, 0.717) is 17.2 Å². The van der Waals surface area contributed by atoms with Crippen molar-refractivity contribution in [2.75, 3.05) is 13.2 Å². The summed E-state index contributed by atoms with van der Waals surface area (Å²) in [6, 6.07) is 35.9. The number of phosphoric acid groups is 1. The molecule has 0 bridgehead atoms. The number of fused-ring (bicyclic) bond motifs is 2. The van der Waals surface area contributed by atoms with Crippen LogP contribution in [0.2, 0.25) is 0 Å². The van der Waals surface area contributed by atoms with E-state index in [9.17, 15) is 4.57 Å². The normalized spacial score (nSPS) is 11.4. The van der Waals surface area contributed by atoms with Gasteiger partial charge in [-0.15, -0.1) is 0 Å². The van der Waals surface area contributed by atoms with Crippen molar-refractivity contribution in [3.05, 3.63) is 115 Å². The van der Waals surface area contributed by atoms with Crippen LogP contribution in [0.4, 0.5) is 0 Å². The summed E-state index contributed by atoms with van der Waals surface area (Å²) in [7, 11) is -4.07. The number of rotatable bonds is 9. The highest BCUT2D eigenvalue weighted by Crippen LogP contribution is 2.51. The highest BCUT2D eigenvalue weighted by Gasteiger charge is 2.32. The zero-order chi connectivity index (χ0) is 23.2. The van der Waals surface area contributed by atoms with Crippen LogP contribution in [-0.4, -0.2) is 13.2 Å². The summed E-state index contributed by atoms with van der Waals surface area (Å²) in [4.78, 5) is 0. The first-order valence-electron chi connectivity index (χ1n) is 11.0. The summed E-state index contributed by atoms with van der Waals surface area (Å²) >= 11 is 0. The number of benzene rings is 5. The molecule has 0 unspecified atom stereocenters. The second-order valence-electron chi connectivity index (χ2n) is 7.58. The van der Waals surface area contributed by atoms with E-state index in [0.717, 1.165) is 21.5 Å². The van der Waals surface area contributed by atoms with Gasteiger partial charge in [0.05, 0.1) is 6.61 Å². The van der Waals surface area contributed by atoms with Crippen LogP contribution in [0.5, 0.6) is 17.2 Å². The second kappa shape index (κ2) is 10.0. The van der Waals surface area contributed by atoms with E-state index in [-0.39, 0.29) is 13.2 Å². The minimum absolute atomic E-state index is 0.0156. The summed E-state index contributed by atoms with van der Waals surface area (Å²) < 4.78 is 37.3. The average molecular weight is 470 g/mol. The maximum Gasteiger partial charge on any atom is 0.587 e. The van der Waals surface area contributed by atoms with Crippen LogP contribution in [0.25, 0.3) is 21.5 Å². The smallest absolute Gasteiger partial charge is 0.491 e. The third-order valence-electron chi connectivity index (χ3n) is 5.26. The van der Waals surface area contributed by atoms with E-state index in [2.05, 4.69) is 0 Å². The number of ether oxygens (including phenoxy) is 1. The molecule has 0 amide bonds. The topological polar surface area (TPSA) is 54.0 Å². The maximum absolute atomic E-state index is 13.9. The van der Waals surface area contributed by atoms with Crippen molar-refractivity contribution >= 4 is 29.4 Å². The SMILES string of the molecule is O=P(OCCOc1ccccc1)(Oc1cccc2ccccc12)Oc1cccc2ccccc12. The molecule has 0 aliphatic carbocycles. The third-order valence-corrected chi connectivity index (χ3v) is 6.60. The zero-order valence-electron chi connectivity index (χ0n) is 18.4. The van der Waals surface area contributed by atoms with Crippen LogP contribution in [-0.2, 0) is 9.09 Å². The van der Waals surface area contributed by atoms with Crippen LogP contribution >= 0.6 is 7.82 Å². The first kappa shape index (κ1) is 22.0. The van der Waals surface area contributed by atoms with Crippen LogP contribution in [0.3, 0.4) is 0 Å². The van der Waals surface area contributed by atoms with Crippen molar-refractivity contribution in [3.63, 3.8) is 0 Å². The monoisotopic (exact) mass is 470 g/mol. The van der Waals surface area contributed by atoms with Gasteiger partial charge in [-0.3, -0.25) is 4.52 Å². The predicted molar refractivity (Wildman–Crippen MR) is 135 cm³/mol. The Balaban J connectivity index is 1.42. The molecule has 0 saturated carbocycles. The molecule has 0 heterocycles. The molecule has 34 heavy (non-hydrogen) atoms. The van der Waals surface area contributed by atoms with Crippen molar-refractivity contribution in [1.82, 2.24) is 0 Å². The fourth-order valence-electron chi connectivity index (χ4n) is 3.69. The van der Waals surface area contributed by atoms with E-state index < -0.39 is 7.82 Å². The summed E-state index contributed by atoms with van der Waals surface area (Å²) in [6.45, 7) is 0.202. The lowest BCUT2D eigenvalue weighted by atomic mass is 10.1. The van der Waals surface area contributed by atoms with Gasteiger partial charge in [-0.25, -0.2) is 4.57 Å². The van der Waals surface area contributed by atoms with Crippen molar-refractivity contribution in [1.29, 1.82) is 0 Å². The van der Waals surface area contributed by atoms with Crippen molar-refractivity contribution in [3.8, 4) is 17.2 Å². The Kier molecular flexibility index (Phi) is 6.48. The first-order valence-corrected chi connectivity index (χ1v) is 12.4. The molecule has 170 valence electrons. The van der Waals surface area contributed by atoms with Crippen LogP contribution in [0.1, 0.15) is 0 Å². The van der Waals surface area contributed by atoms with Gasteiger partial charge in [0.2, 0.25) is 0 Å². The van der Waals surface area contributed by atoms with Gasteiger partial charge in [-0.2, -0.15) is 0 Å². The lowest BCUT2D eigenvalue weighted by molar-refractivity contribution is 0.169. The molecule has 5 nitrogen and oxygen atoms in total. The van der Waals surface area contributed by atoms with Crippen LogP contribution < -0.4 is 13.8 Å². The second-order valence-corrected chi connectivity index (χ2v) is 9.10. The Hall–Kier alpha value is -3.79. The predicted octanol–water partition coefficient (Wildman–Crippen LogP) is 7.65. The Morgan fingerprint density at radius 1 is 0.529 bits per heavy atom. The Bertz CT molecular complexity index is 1360. The van der Waals surface area contributed by atoms with Crippen molar-refractivity contribution in [2.24, 2.45) is 0 Å². The molecule has 5 aromatic rings. The van der Waals surface area contributed by atoms with Crippen molar-refractivity contribution < 1.29 is 22.9 Å². The van der Waals surface area contributed by atoms with E-state index in [1.807, 2.05) is 103 Å². The fraction of sp³-hybridized carbons (Fsp3) is 0.0714. The standard InChI is InChI=1S/C28H23O5P/c29-34(31-21-20-30-24-14-2-1-3-15-24,32-27-18-8-12-22-10-4-6-16-25(22)27)33-28-19-9-13-23-11-5-7-17-26(23)28/h1-19H,20-21H2. The molecular formula is C28H23O5P. The number of hydrogen-bond acceptors (Lipinski definition) is 5. The Labute approximate surface area is 198 Å². The molecule has 0 radical (unpaired) electrons. The highest BCUT2D eigenvalue weighted by molar-refractivity contribution is 7.49. The van der Waals surface area contributed by atoms with Crippen molar-refractivity contribution in [2.45, 2.75) is 0 Å². The summed E-state index contributed by atoms with van der Waals surface area (Å²) in [5.74, 6) is 1.54. The van der Waals surface area contributed by atoms with Gasteiger partial charge >= 0.3 is 7.82 Å². The quantitative estimate of drug-likeness (QED) is 0.164. The summed E-state index contributed by atoms with van der Waals surface area (Å²) in [5, 5.41) is 3.56. The summed E-state index contributed by atoms with van der Waals surface area (Å²) in [6.07, 6.45) is 0. The number of phosphoric ester groups is 1. The minimum Gasteiger partial charge on any atom is -0.491 e. The number of hydrogen-bond donors (Lipinski definition) is 0. The van der Waals surface area contributed by atoms with Gasteiger partial charge in [0, 0.05) is 10.8 Å². The molecule has 5 rings (SSSR count). The molecule has 0 N–H and O–H groups in total. The summed E-state index contributed by atoms with van der Waals surface area (Å²) in [5.41, 5.74) is 0. The average Bonchev–Trinajstić information content (AvgIpc) is 2.88. The maximum atomic E-state index is 13.9. The van der Waals surface area contributed by atoms with Gasteiger partial charge in [0.25, 0.3) is 0 Å². The van der Waals surface area contributed by atoms with E-state index in [1.165, 1.54) is 0 Å². The molecule has 6 heteroatoms. The largest absolute Gasteiger partial charge is 0.587 e. The molecule has 0 aromatic heterocycles. The Morgan fingerprint density at radius 2 is 1.03 bits per heavy atom. The van der Waals surface area contributed by atoms with Crippen LogP contribution in [0.15, 0.2) is 115 Å². The van der Waals surface area contributed by atoms with Crippen LogP contribution in [0, 0.1) is 0 Å². The number of para-hydroxylation sites is 1. The van der Waals surface area contributed by atoms with Gasteiger partial charge in [0.15, 0.2) is 0 Å². The van der Waals surface area contributed by atoms with E-state index in [1.54, 1.807) is 12.1 Å².